The van der Waals surface area contributed by atoms with Crippen molar-refractivity contribution in [1.82, 2.24) is 4.90 Å². The van der Waals surface area contributed by atoms with Gasteiger partial charge in [0.2, 0.25) is 0 Å². The second kappa shape index (κ2) is 9.57. The van der Waals surface area contributed by atoms with E-state index in [1.165, 1.54) is 18.2 Å². The van der Waals surface area contributed by atoms with Crippen LogP contribution in [-0.4, -0.2) is 40.6 Å². The summed E-state index contributed by atoms with van der Waals surface area (Å²) in [6.45, 7) is 4.32. The zero-order valence-electron chi connectivity index (χ0n) is 19.7. The monoisotopic (exact) mass is 475 g/mol. The Kier molecular flexibility index (Phi) is 6.70. The number of nitriles is 1. The van der Waals surface area contributed by atoms with E-state index in [9.17, 15) is 14.3 Å². The fraction of sp³-hybridized carbons (Fsp3) is 0.286. The van der Waals surface area contributed by atoms with Gasteiger partial charge in [0.25, 0.3) is 5.91 Å². The van der Waals surface area contributed by atoms with Crippen LogP contribution in [0.4, 0.5) is 8.78 Å². The fourth-order valence-electron chi connectivity index (χ4n) is 4.47. The lowest BCUT2D eigenvalue weighted by molar-refractivity contribution is 0.0788. The topological polar surface area (TPSA) is 90.3 Å². The number of likely N-dealkylation sites (tertiary alicyclic amines) is 1. The SMILES string of the molecule is CC(C)(O)Cc1ccc(-c2ccc(C(=O)N3CCC(N)C3)cc2-c2ccc(C#N)c(F)c2)c(F)c1. The van der Waals surface area contributed by atoms with Crippen LogP contribution in [0.15, 0.2) is 54.6 Å². The summed E-state index contributed by atoms with van der Waals surface area (Å²) in [5.74, 6) is -1.38. The number of carbonyl (C=O) groups excluding carboxylic acids is 1. The van der Waals surface area contributed by atoms with Crippen LogP contribution in [0, 0.1) is 23.0 Å². The van der Waals surface area contributed by atoms with Crippen molar-refractivity contribution in [3.63, 3.8) is 0 Å². The second-order valence-electron chi connectivity index (χ2n) is 9.67. The zero-order valence-corrected chi connectivity index (χ0v) is 19.7. The standard InChI is InChI=1S/C28H27F2N3O2/c1-28(2,35)14-17-3-7-23(26(30)11-17)22-8-6-19(27(34)33-10-9-21(32)16-33)12-24(22)18-4-5-20(15-31)25(29)13-18/h3-8,11-13,21,35H,9-10,14,16,32H2,1-2H3. The molecule has 1 unspecified atom stereocenters. The van der Waals surface area contributed by atoms with E-state index in [-0.39, 0.29) is 29.5 Å². The van der Waals surface area contributed by atoms with E-state index in [1.807, 2.05) is 0 Å². The molecule has 0 radical (unpaired) electrons. The molecule has 0 saturated carbocycles. The Balaban J connectivity index is 1.82. The van der Waals surface area contributed by atoms with Crippen molar-refractivity contribution in [2.75, 3.05) is 13.1 Å². The molecule has 3 aromatic carbocycles. The van der Waals surface area contributed by atoms with E-state index in [0.717, 1.165) is 6.42 Å². The van der Waals surface area contributed by atoms with Crippen LogP contribution in [0.25, 0.3) is 22.3 Å². The summed E-state index contributed by atoms with van der Waals surface area (Å²) < 4.78 is 29.8. The molecule has 1 fully saturated rings. The van der Waals surface area contributed by atoms with Crippen LogP contribution in [-0.2, 0) is 6.42 Å². The molecule has 3 N–H and O–H groups in total. The van der Waals surface area contributed by atoms with Gasteiger partial charge in [0.1, 0.15) is 17.7 Å². The molecule has 1 heterocycles. The largest absolute Gasteiger partial charge is 0.390 e. The zero-order chi connectivity index (χ0) is 25.3. The first kappa shape index (κ1) is 24.5. The Morgan fingerprint density at radius 2 is 1.83 bits per heavy atom. The minimum absolute atomic E-state index is 0.0678. The number of benzene rings is 3. The first-order valence-corrected chi connectivity index (χ1v) is 11.5. The molecule has 0 spiro atoms. The maximum atomic E-state index is 15.3. The number of rotatable bonds is 5. The minimum atomic E-state index is -0.987. The van der Waals surface area contributed by atoms with E-state index in [1.54, 1.807) is 61.2 Å². The van der Waals surface area contributed by atoms with E-state index in [4.69, 9.17) is 11.0 Å². The van der Waals surface area contributed by atoms with Crippen molar-refractivity contribution in [1.29, 1.82) is 5.26 Å². The summed E-state index contributed by atoms with van der Waals surface area (Å²) >= 11 is 0. The molecule has 0 aromatic heterocycles. The van der Waals surface area contributed by atoms with E-state index >= 15 is 4.39 Å². The van der Waals surface area contributed by atoms with Crippen LogP contribution in [0.3, 0.4) is 0 Å². The number of nitrogens with two attached hydrogens (primary N) is 1. The van der Waals surface area contributed by atoms with Crippen LogP contribution in [0.1, 0.15) is 41.8 Å². The normalized spacial score (nSPS) is 15.8. The van der Waals surface area contributed by atoms with Gasteiger partial charge in [-0.3, -0.25) is 4.79 Å². The van der Waals surface area contributed by atoms with Gasteiger partial charge in [-0.1, -0.05) is 24.3 Å². The summed E-state index contributed by atoms with van der Waals surface area (Å²) in [5.41, 5.74) is 7.55. The average Bonchev–Trinajstić information content (AvgIpc) is 3.23. The van der Waals surface area contributed by atoms with Crippen molar-refractivity contribution in [2.24, 2.45) is 5.73 Å². The first-order chi connectivity index (χ1) is 16.6. The third-order valence-electron chi connectivity index (χ3n) is 6.14. The summed E-state index contributed by atoms with van der Waals surface area (Å²) in [6.07, 6.45) is 1.00. The molecule has 1 aliphatic rings. The van der Waals surface area contributed by atoms with Gasteiger partial charge >= 0.3 is 0 Å². The maximum absolute atomic E-state index is 15.3. The van der Waals surface area contributed by atoms with Crippen LogP contribution in [0.2, 0.25) is 0 Å². The number of carbonyl (C=O) groups is 1. The Bertz CT molecular complexity index is 1320. The van der Waals surface area contributed by atoms with Crippen LogP contribution < -0.4 is 5.73 Å². The number of nitrogens with zero attached hydrogens (tertiary/aromatic N) is 2. The number of amides is 1. The molecule has 1 aliphatic heterocycles. The van der Waals surface area contributed by atoms with Crippen LogP contribution in [0.5, 0.6) is 0 Å². The summed E-state index contributed by atoms with van der Waals surface area (Å²) in [5, 5.41) is 19.2. The van der Waals surface area contributed by atoms with Crippen molar-refractivity contribution < 1.29 is 18.7 Å². The third-order valence-corrected chi connectivity index (χ3v) is 6.14. The highest BCUT2D eigenvalue weighted by molar-refractivity contribution is 5.98. The highest BCUT2D eigenvalue weighted by Gasteiger charge is 2.26. The summed E-state index contributed by atoms with van der Waals surface area (Å²) in [7, 11) is 0. The number of halogens is 2. The van der Waals surface area contributed by atoms with Gasteiger partial charge in [-0.05, 0) is 72.9 Å². The predicted molar refractivity (Wildman–Crippen MR) is 130 cm³/mol. The fourth-order valence-corrected chi connectivity index (χ4v) is 4.47. The predicted octanol–water partition coefficient (Wildman–Crippen LogP) is 4.66. The second-order valence-corrected chi connectivity index (χ2v) is 9.67. The molecule has 180 valence electrons. The molecule has 0 aliphatic carbocycles. The van der Waals surface area contributed by atoms with Gasteiger partial charge < -0.3 is 15.7 Å². The van der Waals surface area contributed by atoms with E-state index < -0.39 is 17.2 Å². The summed E-state index contributed by atoms with van der Waals surface area (Å²) in [4.78, 5) is 14.8. The molecule has 35 heavy (non-hydrogen) atoms. The van der Waals surface area contributed by atoms with Crippen molar-refractivity contribution in [2.45, 2.75) is 38.3 Å². The molecule has 0 bridgehead atoms. The van der Waals surface area contributed by atoms with Crippen molar-refractivity contribution >= 4 is 5.91 Å². The molecule has 7 heteroatoms. The Labute approximate surface area is 203 Å². The van der Waals surface area contributed by atoms with Gasteiger partial charge in [-0.25, -0.2) is 8.78 Å². The lowest BCUT2D eigenvalue weighted by atomic mass is 9.90. The lowest BCUT2D eigenvalue weighted by Crippen LogP contribution is -2.31. The van der Waals surface area contributed by atoms with Gasteiger partial charge in [0.05, 0.1) is 11.2 Å². The van der Waals surface area contributed by atoms with Gasteiger partial charge in [0, 0.05) is 36.7 Å². The highest BCUT2D eigenvalue weighted by atomic mass is 19.1. The van der Waals surface area contributed by atoms with E-state index in [0.29, 0.717) is 40.9 Å². The third kappa shape index (κ3) is 5.40. The van der Waals surface area contributed by atoms with Crippen LogP contribution >= 0.6 is 0 Å². The first-order valence-electron chi connectivity index (χ1n) is 11.5. The Hall–Kier alpha value is -3.60. The van der Waals surface area contributed by atoms with Crippen molar-refractivity contribution in [3.8, 4) is 28.3 Å². The molecule has 3 aromatic rings. The molecular weight excluding hydrogens is 448 g/mol. The Morgan fingerprint density at radius 3 is 2.43 bits per heavy atom. The van der Waals surface area contributed by atoms with Gasteiger partial charge in [-0.15, -0.1) is 0 Å². The van der Waals surface area contributed by atoms with Crippen molar-refractivity contribution in [3.05, 3.63) is 82.9 Å². The van der Waals surface area contributed by atoms with Gasteiger partial charge in [0.15, 0.2) is 0 Å². The molecule has 1 atom stereocenters. The molecule has 5 nitrogen and oxygen atoms in total. The molecule has 4 rings (SSSR count). The number of hydrogen-bond acceptors (Lipinski definition) is 4. The van der Waals surface area contributed by atoms with E-state index in [2.05, 4.69) is 0 Å². The quantitative estimate of drug-likeness (QED) is 0.562. The number of hydrogen-bond donors (Lipinski definition) is 2. The molecule has 1 saturated heterocycles. The van der Waals surface area contributed by atoms with Gasteiger partial charge in [-0.2, -0.15) is 5.26 Å². The average molecular weight is 476 g/mol. The minimum Gasteiger partial charge on any atom is -0.390 e. The highest BCUT2D eigenvalue weighted by Crippen LogP contribution is 2.36. The Morgan fingerprint density at radius 1 is 1.09 bits per heavy atom. The molecular formula is C28H27F2N3O2. The number of aliphatic hydroxyl groups is 1. The maximum Gasteiger partial charge on any atom is 0.253 e. The smallest absolute Gasteiger partial charge is 0.253 e. The summed E-state index contributed by atoms with van der Waals surface area (Å²) in [6, 6.07) is 15.6. The lowest BCUT2D eigenvalue weighted by Gasteiger charge is -2.19. The molecule has 1 amide bonds.